The number of fused-ring (bicyclic) bond motifs is 2. The lowest BCUT2D eigenvalue weighted by atomic mass is 9.97. The summed E-state index contributed by atoms with van der Waals surface area (Å²) < 4.78 is 10.1. The molecule has 2 aromatic heterocycles. The second-order valence-corrected chi connectivity index (χ2v) is 5.94. The van der Waals surface area contributed by atoms with Crippen molar-refractivity contribution in [2.75, 3.05) is 0 Å². The fourth-order valence-corrected chi connectivity index (χ4v) is 3.28. The third kappa shape index (κ3) is 2.16. The third-order valence-corrected chi connectivity index (χ3v) is 4.57. The minimum Gasteiger partial charge on any atom is -0.330 e. The quantitative estimate of drug-likeness (QED) is 0.538. The van der Waals surface area contributed by atoms with E-state index >= 15 is 0 Å². The first-order valence-electron chi connectivity index (χ1n) is 7.26. The summed E-state index contributed by atoms with van der Waals surface area (Å²) in [7, 11) is 1.82. The van der Waals surface area contributed by atoms with Gasteiger partial charge in [-0.1, -0.05) is 12.1 Å². The molecule has 0 N–H and O–H groups in total. The molecule has 7 heteroatoms. The Kier molecular flexibility index (Phi) is 3.32. The van der Waals surface area contributed by atoms with Crippen LogP contribution in [0.15, 0.2) is 42.5 Å². The van der Waals surface area contributed by atoms with Crippen molar-refractivity contribution < 1.29 is 4.79 Å². The van der Waals surface area contributed by atoms with E-state index in [-0.39, 0.29) is 5.78 Å². The van der Waals surface area contributed by atoms with E-state index in [1.165, 1.54) is 0 Å². The number of aromatic nitrogens is 4. The largest absolute Gasteiger partial charge is 0.330 e. The number of aryl methyl sites for hydroxylation is 1. The van der Waals surface area contributed by atoms with Crippen LogP contribution in [0.25, 0.3) is 22.1 Å². The molecule has 0 amide bonds. The van der Waals surface area contributed by atoms with Gasteiger partial charge in [-0.15, -0.1) is 0 Å². The van der Waals surface area contributed by atoms with E-state index in [0.717, 1.165) is 28.3 Å². The second-order valence-electron chi connectivity index (χ2n) is 5.41. The molecule has 0 spiro atoms. The average Bonchev–Trinajstić information content (AvgIpc) is 3.20. The summed E-state index contributed by atoms with van der Waals surface area (Å²) in [6.07, 6.45) is 0. The maximum atomic E-state index is 12.9. The van der Waals surface area contributed by atoms with Crippen LogP contribution in [0.1, 0.15) is 22.1 Å². The van der Waals surface area contributed by atoms with E-state index in [2.05, 4.69) is 19.8 Å². The lowest BCUT2D eigenvalue weighted by Crippen LogP contribution is -2.15. The third-order valence-electron chi connectivity index (χ3n) is 4.01. The van der Waals surface area contributed by atoms with E-state index in [9.17, 15) is 10.1 Å². The predicted molar refractivity (Wildman–Crippen MR) is 90.8 cm³/mol. The maximum absolute atomic E-state index is 12.9. The summed E-state index contributed by atoms with van der Waals surface area (Å²) in [4.78, 5) is 17.3. The standard InChI is InChI=1S/C17H11N5OS/c1-22-15-5-3-2-4-13(15)19-17(22)11(9-18)16(23)10-6-7-12-14(8-10)21-24-20-12/h2-8,11H,1H3/t11-/m0/s1. The number of hydrogen-bond acceptors (Lipinski definition) is 6. The first-order chi connectivity index (χ1) is 11.7. The summed E-state index contributed by atoms with van der Waals surface area (Å²) in [6.45, 7) is 0. The van der Waals surface area contributed by atoms with Gasteiger partial charge >= 0.3 is 0 Å². The average molecular weight is 333 g/mol. The minimum atomic E-state index is -0.966. The van der Waals surface area contributed by atoms with Crippen LogP contribution in [0.5, 0.6) is 0 Å². The molecule has 6 nitrogen and oxygen atoms in total. The van der Waals surface area contributed by atoms with Gasteiger partial charge in [0.1, 0.15) is 16.9 Å². The summed E-state index contributed by atoms with van der Waals surface area (Å²) in [6, 6.07) is 14.8. The number of nitrogens with zero attached hydrogens (tertiary/aromatic N) is 5. The van der Waals surface area contributed by atoms with Gasteiger partial charge in [0.25, 0.3) is 0 Å². The van der Waals surface area contributed by atoms with Crippen LogP contribution in [-0.2, 0) is 7.05 Å². The predicted octanol–water partition coefficient (Wildman–Crippen LogP) is 3.07. The van der Waals surface area contributed by atoms with Crippen molar-refractivity contribution >= 4 is 39.6 Å². The van der Waals surface area contributed by atoms with E-state index in [1.807, 2.05) is 31.3 Å². The Morgan fingerprint density at radius 2 is 1.96 bits per heavy atom. The molecular formula is C17H11N5OS. The van der Waals surface area contributed by atoms with E-state index < -0.39 is 5.92 Å². The highest BCUT2D eigenvalue weighted by Gasteiger charge is 2.27. The van der Waals surface area contributed by atoms with Crippen molar-refractivity contribution in [2.45, 2.75) is 5.92 Å². The lowest BCUT2D eigenvalue weighted by molar-refractivity contribution is 0.0975. The highest BCUT2D eigenvalue weighted by molar-refractivity contribution is 7.00. The molecule has 0 fully saturated rings. The van der Waals surface area contributed by atoms with Crippen LogP contribution >= 0.6 is 11.7 Å². The zero-order valence-electron chi connectivity index (χ0n) is 12.7. The number of benzene rings is 2. The van der Waals surface area contributed by atoms with Crippen LogP contribution in [-0.4, -0.2) is 24.1 Å². The van der Waals surface area contributed by atoms with Gasteiger partial charge < -0.3 is 4.57 Å². The number of hydrogen-bond donors (Lipinski definition) is 0. The second kappa shape index (κ2) is 5.51. The van der Waals surface area contributed by atoms with Gasteiger partial charge in [0.05, 0.1) is 28.8 Å². The first-order valence-corrected chi connectivity index (χ1v) is 7.99. The molecule has 0 aliphatic heterocycles. The van der Waals surface area contributed by atoms with Crippen LogP contribution in [0.4, 0.5) is 0 Å². The monoisotopic (exact) mass is 333 g/mol. The summed E-state index contributed by atoms with van der Waals surface area (Å²) in [5.41, 5.74) is 3.50. The molecule has 2 heterocycles. The van der Waals surface area contributed by atoms with Gasteiger partial charge in [-0.25, -0.2) is 4.98 Å². The van der Waals surface area contributed by atoms with Crippen molar-refractivity contribution in [3.8, 4) is 6.07 Å². The van der Waals surface area contributed by atoms with Gasteiger partial charge in [-0.05, 0) is 30.3 Å². The Morgan fingerprint density at radius 1 is 1.17 bits per heavy atom. The van der Waals surface area contributed by atoms with Gasteiger partial charge in [0.15, 0.2) is 11.7 Å². The number of carbonyl (C=O) groups excluding carboxylic acids is 1. The van der Waals surface area contributed by atoms with Crippen LogP contribution in [0, 0.1) is 11.3 Å². The normalized spacial score (nSPS) is 12.3. The van der Waals surface area contributed by atoms with Crippen molar-refractivity contribution in [3.63, 3.8) is 0 Å². The molecule has 116 valence electrons. The molecule has 0 saturated heterocycles. The topological polar surface area (TPSA) is 84.5 Å². The molecule has 0 radical (unpaired) electrons. The van der Waals surface area contributed by atoms with Gasteiger partial charge in [0.2, 0.25) is 0 Å². The van der Waals surface area contributed by atoms with Gasteiger partial charge in [-0.2, -0.15) is 14.0 Å². The Balaban J connectivity index is 1.80. The number of carbonyl (C=O) groups is 1. The zero-order chi connectivity index (χ0) is 16.7. The molecule has 0 bridgehead atoms. The molecule has 2 aromatic carbocycles. The maximum Gasteiger partial charge on any atom is 0.187 e. The van der Waals surface area contributed by atoms with Crippen LogP contribution in [0.3, 0.4) is 0 Å². The molecule has 1 atom stereocenters. The number of imidazole rings is 1. The van der Waals surface area contributed by atoms with Crippen molar-refractivity contribution in [1.82, 2.24) is 18.3 Å². The lowest BCUT2D eigenvalue weighted by Gasteiger charge is -2.08. The Morgan fingerprint density at radius 3 is 2.75 bits per heavy atom. The van der Waals surface area contributed by atoms with E-state index in [1.54, 1.807) is 22.8 Å². The van der Waals surface area contributed by atoms with Crippen molar-refractivity contribution in [2.24, 2.45) is 7.05 Å². The number of Topliss-reactive ketones (excluding diaryl/α,β-unsaturated/α-hetero) is 1. The van der Waals surface area contributed by atoms with Crippen molar-refractivity contribution in [3.05, 3.63) is 53.9 Å². The molecule has 4 aromatic rings. The summed E-state index contributed by atoms with van der Waals surface area (Å²) >= 11 is 1.10. The minimum absolute atomic E-state index is 0.286. The highest BCUT2D eigenvalue weighted by Crippen LogP contribution is 2.25. The molecule has 0 saturated carbocycles. The Bertz CT molecular complexity index is 1120. The van der Waals surface area contributed by atoms with Crippen LogP contribution in [0.2, 0.25) is 0 Å². The van der Waals surface area contributed by atoms with Gasteiger partial charge in [-0.3, -0.25) is 4.79 Å². The highest BCUT2D eigenvalue weighted by atomic mass is 32.1. The van der Waals surface area contributed by atoms with Crippen molar-refractivity contribution in [1.29, 1.82) is 5.26 Å². The molecule has 4 rings (SSSR count). The Hall–Kier alpha value is -3.11. The zero-order valence-corrected chi connectivity index (χ0v) is 13.5. The fourth-order valence-electron chi connectivity index (χ4n) is 2.76. The molecular weight excluding hydrogens is 322 g/mol. The fraction of sp³-hybridized carbons (Fsp3) is 0.118. The van der Waals surface area contributed by atoms with E-state index in [0.29, 0.717) is 16.9 Å². The van der Waals surface area contributed by atoms with E-state index in [4.69, 9.17) is 0 Å². The number of ketones is 1. The molecule has 0 aliphatic rings. The van der Waals surface area contributed by atoms with Crippen LogP contribution < -0.4 is 0 Å². The number of nitriles is 1. The molecule has 24 heavy (non-hydrogen) atoms. The SMILES string of the molecule is Cn1c([C@@H](C#N)C(=O)c2ccc3nsnc3c2)nc2ccccc21. The number of rotatable bonds is 3. The summed E-state index contributed by atoms with van der Waals surface area (Å²) in [5.74, 6) is -0.808. The number of para-hydroxylation sites is 2. The molecule has 0 unspecified atom stereocenters. The first kappa shape index (κ1) is 14.5. The molecule has 0 aliphatic carbocycles. The Labute approximate surface area is 141 Å². The smallest absolute Gasteiger partial charge is 0.187 e. The van der Waals surface area contributed by atoms with Gasteiger partial charge in [0, 0.05) is 12.6 Å². The summed E-state index contributed by atoms with van der Waals surface area (Å²) in [5, 5.41) is 9.58.